The van der Waals surface area contributed by atoms with Gasteiger partial charge < -0.3 is 10.4 Å². The monoisotopic (exact) mass is 405 g/mol. The van der Waals surface area contributed by atoms with E-state index in [0.29, 0.717) is 10.6 Å². The van der Waals surface area contributed by atoms with E-state index < -0.39 is 5.97 Å². The quantitative estimate of drug-likeness (QED) is 0.632. The summed E-state index contributed by atoms with van der Waals surface area (Å²) >= 11 is 1.27. The predicted octanol–water partition coefficient (Wildman–Crippen LogP) is 5.87. The third-order valence-electron chi connectivity index (χ3n) is 5.54. The fraction of sp³-hybridized carbons (Fsp3) is 0.250. The molecule has 0 aliphatic heterocycles. The van der Waals surface area contributed by atoms with Gasteiger partial charge in [-0.05, 0) is 36.3 Å². The Morgan fingerprint density at radius 2 is 2.00 bits per heavy atom. The number of thiophene rings is 1. The highest BCUT2D eigenvalue weighted by Crippen LogP contribution is 2.48. The third-order valence-corrected chi connectivity index (χ3v) is 6.43. The SMILES string of the molecule is CCC1=CC=C(c2csc(NC(=O)C3CC3c3ccccc3)c2C(=O)O)C=CC1. The molecular formula is C24H23NO3S. The molecule has 1 amide bonds. The van der Waals surface area contributed by atoms with Crippen molar-refractivity contribution in [1.82, 2.24) is 0 Å². The summed E-state index contributed by atoms with van der Waals surface area (Å²) in [5.41, 5.74) is 4.14. The van der Waals surface area contributed by atoms with Gasteiger partial charge in [-0.2, -0.15) is 0 Å². The van der Waals surface area contributed by atoms with E-state index in [4.69, 9.17) is 0 Å². The van der Waals surface area contributed by atoms with Crippen LogP contribution in [0.4, 0.5) is 5.00 Å². The molecule has 0 radical (unpaired) electrons. The van der Waals surface area contributed by atoms with E-state index in [0.717, 1.165) is 30.4 Å². The zero-order chi connectivity index (χ0) is 20.4. The lowest BCUT2D eigenvalue weighted by Crippen LogP contribution is -2.16. The van der Waals surface area contributed by atoms with Crippen LogP contribution in [0.1, 0.15) is 53.6 Å². The van der Waals surface area contributed by atoms with Gasteiger partial charge >= 0.3 is 5.97 Å². The summed E-state index contributed by atoms with van der Waals surface area (Å²) in [5, 5.41) is 14.9. The van der Waals surface area contributed by atoms with Crippen molar-refractivity contribution < 1.29 is 14.7 Å². The van der Waals surface area contributed by atoms with Crippen molar-refractivity contribution in [2.24, 2.45) is 5.92 Å². The summed E-state index contributed by atoms with van der Waals surface area (Å²) in [6, 6.07) is 9.98. The van der Waals surface area contributed by atoms with E-state index in [1.165, 1.54) is 16.9 Å². The number of amides is 1. The molecule has 2 aliphatic carbocycles. The Hall–Kier alpha value is -2.92. The molecule has 2 atom stereocenters. The highest BCUT2D eigenvalue weighted by Gasteiger charge is 2.44. The van der Waals surface area contributed by atoms with Gasteiger partial charge in [-0.15, -0.1) is 11.3 Å². The molecule has 4 nitrogen and oxygen atoms in total. The Morgan fingerprint density at radius 1 is 1.21 bits per heavy atom. The van der Waals surface area contributed by atoms with E-state index in [1.54, 1.807) is 0 Å². The molecule has 0 spiro atoms. The van der Waals surface area contributed by atoms with Gasteiger partial charge in [0.25, 0.3) is 0 Å². The summed E-state index contributed by atoms with van der Waals surface area (Å²) in [6.45, 7) is 2.11. The number of allylic oxidation sites excluding steroid dienone is 6. The van der Waals surface area contributed by atoms with E-state index in [1.807, 2.05) is 47.9 Å². The Bertz CT molecular complexity index is 1030. The van der Waals surface area contributed by atoms with Crippen LogP contribution in [-0.2, 0) is 4.79 Å². The lowest BCUT2D eigenvalue weighted by molar-refractivity contribution is -0.117. The van der Waals surface area contributed by atoms with Crippen LogP contribution in [0.2, 0.25) is 0 Å². The van der Waals surface area contributed by atoms with Crippen LogP contribution in [0.5, 0.6) is 0 Å². The van der Waals surface area contributed by atoms with Gasteiger partial charge in [-0.25, -0.2) is 4.79 Å². The van der Waals surface area contributed by atoms with Crippen molar-refractivity contribution in [3.05, 3.63) is 82.3 Å². The van der Waals surface area contributed by atoms with Crippen LogP contribution in [0.3, 0.4) is 0 Å². The molecule has 1 aromatic heterocycles. The van der Waals surface area contributed by atoms with Crippen LogP contribution >= 0.6 is 11.3 Å². The number of hydrogen-bond acceptors (Lipinski definition) is 3. The van der Waals surface area contributed by atoms with E-state index >= 15 is 0 Å². The smallest absolute Gasteiger partial charge is 0.339 e. The van der Waals surface area contributed by atoms with Crippen molar-refractivity contribution in [2.45, 2.75) is 32.1 Å². The van der Waals surface area contributed by atoms with Crippen LogP contribution in [0, 0.1) is 5.92 Å². The average molecular weight is 406 g/mol. The molecule has 4 rings (SSSR count). The van der Waals surface area contributed by atoms with Gasteiger partial charge in [0.05, 0.1) is 0 Å². The van der Waals surface area contributed by atoms with E-state index in [9.17, 15) is 14.7 Å². The highest BCUT2D eigenvalue weighted by molar-refractivity contribution is 7.15. The summed E-state index contributed by atoms with van der Waals surface area (Å²) in [4.78, 5) is 24.7. The molecule has 1 aromatic carbocycles. The molecule has 2 aromatic rings. The molecular weight excluding hydrogens is 382 g/mol. The maximum Gasteiger partial charge on any atom is 0.339 e. The van der Waals surface area contributed by atoms with Gasteiger partial charge in [0.1, 0.15) is 10.6 Å². The number of carbonyl (C=O) groups excluding carboxylic acids is 1. The number of anilines is 1. The average Bonchev–Trinajstić information content (AvgIpc) is 3.48. The standard InChI is InChI=1S/C24H23NO3S/c1-2-15-7-6-10-17(12-11-15)20-14-29-23(21(20)24(27)28)25-22(26)19-13-18(19)16-8-4-3-5-9-16/h3-6,8-12,14,18-19H,2,7,13H2,1H3,(H,25,26)(H,27,28). The van der Waals surface area contributed by atoms with Crippen molar-refractivity contribution in [1.29, 1.82) is 0 Å². The van der Waals surface area contributed by atoms with Gasteiger partial charge in [-0.1, -0.05) is 67.1 Å². The first-order valence-electron chi connectivity index (χ1n) is 9.85. The number of nitrogens with one attached hydrogen (secondary N) is 1. The number of aromatic carboxylic acids is 1. The molecule has 148 valence electrons. The lowest BCUT2D eigenvalue weighted by atomic mass is 10.0. The van der Waals surface area contributed by atoms with Crippen molar-refractivity contribution in [3.63, 3.8) is 0 Å². The molecule has 2 N–H and O–H groups in total. The largest absolute Gasteiger partial charge is 0.478 e. The predicted molar refractivity (Wildman–Crippen MR) is 117 cm³/mol. The fourth-order valence-electron chi connectivity index (χ4n) is 3.74. The van der Waals surface area contributed by atoms with Gasteiger partial charge in [0, 0.05) is 16.9 Å². The minimum atomic E-state index is -1.02. The molecule has 1 saturated carbocycles. The molecule has 1 fully saturated rings. The second-order valence-corrected chi connectivity index (χ2v) is 8.29. The van der Waals surface area contributed by atoms with E-state index in [-0.39, 0.29) is 23.3 Å². The van der Waals surface area contributed by atoms with Gasteiger partial charge in [0.2, 0.25) is 5.91 Å². The van der Waals surface area contributed by atoms with Crippen molar-refractivity contribution >= 4 is 33.8 Å². The second kappa shape index (κ2) is 8.21. The Kier molecular flexibility index (Phi) is 5.49. The molecule has 2 aliphatic rings. The van der Waals surface area contributed by atoms with Crippen LogP contribution in [0.25, 0.3) is 5.57 Å². The molecule has 0 saturated heterocycles. The number of carboxylic acid groups (broad SMARTS) is 1. The normalized spacial score (nSPS) is 20.4. The number of carboxylic acids is 1. The molecule has 1 heterocycles. The summed E-state index contributed by atoms with van der Waals surface area (Å²) in [5.74, 6) is -1.01. The topological polar surface area (TPSA) is 66.4 Å². The maximum absolute atomic E-state index is 12.7. The zero-order valence-corrected chi connectivity index (χ0v) is 17.0. The second-order valence-electron chi connectivity index (χ2n) is 7.41. The van der Waals surface area contributed by atoms with Crippen LogP contribution < -0.4 is 5.32 Å². The van der Waals surface area contributed by atoms with E-state index in [2.05, 4.69) is 24.4 Å². The van der Waals surface area contributed by atoms with Crippen LogP contribution in [-0.4, -0.2) is 17.0 Å². The molecule has 0 bridgehead atoms. The van der Waals surface area contributed by atoms with Crippen molar-refractivity contribution in [3.8, 4) is 0 Å². The molecule has 29 heavy (non-hydrogen) atoms. The Morgan fingerprint density at radius 3 is 2.72 bits per heavy atom. The summed E-state index contributed by atoms with van der Waals surface area (Å²) < 4.78 is 0. The number of carbonyl (C=O) groups is 2. The van der Waals surface area contributed by atoms with Gasteiger partial charge in [-0.3, -0.25) is 4.79 Å². The molecule has 2 unspecified atom stereocenters. The third kappa shape index (κ3) is 4.10. The number of benzene rings is 1. The molecule has 5 heteroatoms. The first-order valence-corrected chi connectivity index (χ1v) is 10.7. The Labute approximate surface area is 174 Å². The van der Waals surface area contributed by atoms with Crippen LogP contribution in [0.15, 0.2) is 65.6 Å². The fourth-order valence-corrected chi connectivity index (χ4v) is 4.71. The summed E-state index contributed by atoms with van der Waals surface area (Å²) in [7, 11) is 0. The first-order chi connectivity index (χ1) is 14.1. The minimum Gasteiger partial charge on any atom is -0.478 e. The lowest BCUT2D eigenvalue weighted by Gasteiger charge is -2.06. The van der Waals surface area contributed by atoms with Crippen molar-refractivity contribution in [2.75, 3.05) is 5.32 Å². The first kappa shape index (κ1) is 19.4. The number of rotatable bonds is 6. The maximum atomic E-state index is 12.7. The highest BCUT2D eigenvalue weighted by atomic mass is 32.1. The summed E-state index contributed by atoms with van der Waals surface area (Å²) in [6.07, 6.45) is 10.7. The minimum absolute atomic E-state index is 0.100. The Balaban J connectivity index is 1.55. The number of hydrogen-bond donors (Lipinski definition) is 2. The van der Waals surface area contributed by atoms with Gasteiger partial charge in [0.15, 0.2) is 0 Å². The zero-order valence-electron chi connectivity index (χ0n) is 16.2.